The molecule has 6 nitrogen and oxygen atoms in total. The van der Waals surface area contributed by atoms with Crippen LogP contribution in [0.15, 0.2) is 48.5 Å². The largest absolute Gasteiger partial charge is 0.368 e. The number of hydrogen-bond donors (Lipinski definition) is 1. The van der Waals surface area contributed by atoms with E-state index in [1.165, 1.54) is 6.07 Å². The van der Waals surface area contributed by atoms with Gasteiger partial charge in [0.15, 0.2) is 0 Å². The van der Waals surface area contributed by atoms with Crippen LogP contribution in [-0.4, -0.2) is 23.4 Å². The number of nitrogens with zero attached hydrogens (tertiary/aromatic N) is 2. The molecule has 1 unspecified atom stereocenters. The lowest BCUT2D eigenvalue weighted by atomic mass is 10.2. The summed E-state index contributed by atoms with van der Waals surface area (Å²) in [6.07, 6.45) is 0.516. The van der Waals surface area contributed by atoms with Crippen LogP contribution in [0, 0.1) is 15.9 Å². The normalized spacial score (nSPS) is 17.3. The van der Waals surface area contributed by atoms with Crippen LogP contribution < -0.4 is 10.2 Å². The van der Waals surface area contributed by atoms with Crippen LogP contribution in [0.2, 0.25) is 0 Å². The fourth-order valence-electron chi connectivity index (χ4n) is 2.64. The molecule has 0 saturated carbocycles. The first kappa shape index (κ1) is 15.0. The minimum absolute atomic E-state index is 0.143. The number of benzene rings is 2. The van der Waals surface area contributed by atoms with E-state index >= 15 is 0 Å². The predicted octanol–water partition coefficient (Wildman–Crippen LogP) is 2.95. The first-order valence-electron chi connectivity index (χ1n) is 7.13. The van der Waals surface area contributed by atoms with Crippen LogP contribution in [0.5, 0.6) is 0 Å². The highest BCUT2D eigenvalue weighted by molar-refractivity contribution is 6.01. The Kier molecular flexibility index (Phi) is 3.92. The Hall–Kier alpha value is -2.96. The summed E-state index contributed by atoms with van der Waals surface area (Å²) in [5.41, 5.74) is 0.552. The Morgan fingerprint density at radius 3 is 2.65 bits per heavy atom. The van der Waals surface area contributed by atoms with E-state index in [9.17, 15) is 19.3 Å². The van der Waals surface area contributed by atoms with E-state index < -0.39 is 16.8 Å². The molecule has 1 heterocycles. The summed E-state index contributed by atoms with van der Waals surface area (Å²) < 4.78 is 13.2. The van der Waals surface area contributed by atoms with Gasteiger partial charge in [-0.1, -0.05) is 18.2 Å². The molecule has 7 heteroatoms. The molecule has 1 atom stereocenters. The average Bonchev–Trinajstić information content (AvgIpc) is 2.91. The van der Waals surface area contributed by atoms with Crippen LogP contribution in [0.4, 0.5) is 21.5 Å². The summed E-state index contributed by atoms with van der Waals surface area (Å²) in [5.74, 6) is -0.847. The molecule has 1 aliphatic heterocycles. The molecule has 0 aliphatic carbocycles. The number of anilines is 2. The van der Waals surface area contributed by atoms with Gasteiger partial charge in [0.25, 0.3) is 5.69 Å². The minimum atomic E-state index is -0.689. The minimum Gasteiger partial charge on any atom is -0.368 e. The van der Waals surface area contributed by atoms with Gasteiger partial charge in [-0.15, -0.1) is 0 Å². The lowest BCUT2D eigenvalue weighted by Gasteiger charge is -2.17. The zero-order valence-electron chi connectivity index (χ0n) is 12.1. The number of nitrogens with one attached hydrogen (secondary N) is 1. The standard InChI is InChI=1S/C16H14FN3O3/c17-11-6-7-13(15(10-11)20(22)23)18-14-8-9-19(16(14)21)12-4-2-1-3-5-12/h1-7,10,14,18H,8-9H2. The van der Waals surface area contributed by atoms with Crippen LogP contribution in [-0.2, 0) is 4.79 Å². The summed E-state index contributed by atoms with van der Waals surface area (Å²) >= 11 is 0. The van der Waals surface area contributed by atoms with Gasteiger partial charge in [-0.3, -0.25) is 14.9 Å². The molecular formula is C16H14FN3O3. The monoisotopic (exact) mass is 315 g/mol. The van der Waals surface area contributed by atoms with E-state index in [0.717, 1.165) is 17.8 Å². The third-order valence-electron chi connectivity index (χ3n) is 3.76. The number of nitro groups is 1. The highest BCUT2D eigenvalue weighted by Gasteiger charge is 2.33. The third kappa shape index (κ3) is 2.98. The van der Waals surface area contributed by atoms with Gasteiger partial charge in [0.2, 0.25) is 5.91 Å². The molecule has 0 bridgehead atoms. The second-order valence-corrected chi connectivity index (χ2v) is 5.23. The summed E-state index contributed by atoms with van der Waals surface area (Å²) in [4.78, 5) is 24.5. The van der Waals surface area contributed by atoms with Crippen molar-refractivity contribution in [3.8, 4) is 0 Å². The maximum absolute atomic E-state index is 13.2. The van der Waals surface area contributed by atoms with E-state index in [1.54, 1.807) is 4.90 Å². The molecule has 1 fully saturated rings. The molecule has 1 saturated heterocycles. The Labute approximate surface area is 131 Å². The van der Waals surface area contributed by atoms with E-state index in [0.29, 0.717) is 13.0 Å². The smallest absolute Gasteiger partial charge is 0.295 e. The number of amides is 1. The first-order valence-corrected chi connectivity index (χ1v) is 7.13. The molecule has 23 heavy (non-hydrogen) atoms. The molecular weight excluding hydrogens is 301 g/mol. The van der Waals surface area contributed by atoms with Crippen LogP contribution in [0.1, 0.15) is 6.42 Å². The molecule has 0 aromatic heterocycles. The maximum atomic E-state index is 13.2. The fraction of sp³-hybridized carbons (Fsp3) is 0.188. The Bertz CT molecular complexity index is 751. The van der Waals surface area contributed by atoms with Gasteiger partial charge in [0.1, 0.15) is 17.5 Å². The van der Waals surface area contributed by atoms with Gasteiger partial charge < -0.3 is 10.2 Å². The number of carbonyl (C=O) groups is 1. The van der Waals surface area contributed by atoms with Crippen molar-refractivity contribution in [2.24, 2.45) is 0 Å². The summed E-state index contributed by atoms with van der Waals surface area (Å²) in [6, 6.07) is 11.9. The van der Waals surface area contributed by atoms with Crippen molar-refractivity contribution in [2.75, 3.05) is 16.8 Å². The zero-order chi connectivity index (χ0) is 16.4. The van der Waals surface area contributed by atoms with Crippen molar-refractivity contribution in [3.05, 3.63) is 64.5 Å². The van der Waals surface area contributed by atoms with Crippen molar-refractivity contribution in [3.63, 3.8) is 0 Å². The van der Waals surface area contributed by atoms with E-state index in [4.69, 9.17) is 0 Å². The predicted molar refractivity (Wildman–Crippen MR) is 83.9 cm³/mol. The summed E-state index contributed by atoms with van der Waals surface area (Å²) in [6.45, 7) is 0.523. The molecule has 1 amide bonds. The third-order valence-corrected chi connectivity index (χ3v) is 3.76. The highest BCUT2D eigenvalue weighted by Crippen LogP contribution is 2.29. The topological polar surface area (TPSA) is 75.5 Å². The van der Waals surface area contributed by atoms with E-state index in [2.05, 4.69) is 5.32 Å². The van der Waals surface area contributed by atoms with E-state index in [1.807, 2.05) is 30.3 Å². The molecule has 0 radical (unpaired) electrons. The lowest BCUT2D eigenvalue weighted by Crippen LogP contribution is -2.33. The van der Waals surface area contributed by atoms with Gasteiger partial charge in [-0.2, -0.15) is 0 Å². The Morgan fingerprint density at radius 1 is 1.22 bits per heavy atom. The number of para-hydroxylation sites is 1. The zero-order valence-corrected chi connectivity index (χ0v) is 12.1. The van der Waals surface area contributed by atoms with Gasteiger partial charge in [-0.25, -0.2) is 4.39 Å². The fourth-order valence-corrected chi connectivity index (χ4v) is 2.64. The molecule has 118 valence electrons. The highest BCUT2D eigenvalue weighted by atomic mass is 19.1. The number of halogens is 1. The molecule has 2 aromatic rings. The summed E-state index contributed by atoms with van der Waals surface area (Å²) in [7, 11) is 0. The quantitative estimate of drug-likeness (QED) is 0.695. The van der Waals surface area contributed by atoms with Gasteiger partial charge >= 0.3 is 0 Å². The van der Waals surface area contributed by atoms with Crippen molar-refractivity contribution in [1.82, 2.24) is 0 Å². The van der Waals surface area contributed by atoms with Crippen LogP contribution in [0.25, 0.3) is 0 Å². The molecule has 1 aliphatic rings. The number of rotatable bonds is 4. The second-order valence-electron chi connectivity index (χ2n) is 5.23. The van der Waals surface area contributed by atoms with Gasteiger partial charge in [0, 0.05) is 12.2 Å². The van der Waals surface area contributed by atoms with Crippen molar-refractivity contribution in [2.45, 2.75) is 12.5 Å². The molecule has 3 rings (SSSR count). The number of hydrogen-bond acceptors (Lipinski definition) is 4. The number of carbonyl (C=O) groups excluding carboxylic acids is 1. The summed E-state index contributed by atoms with van der Waals surface area (Å²) in [5, 5.41) is 13.9. The van der Waals surface area contributed by atoms with Crippen LogP contribution >= 0.6 is 0 Å². The lowest BCUT2D eigenvalue weighted by molar-refractivity contribution is -0.384. The van der Waals surface area contributed by atoms with Crippen molar-refractivity contribution < 1.29 is 14.1 Å². The van der Waals surface area contributed by atoms with Gasteiger partial charge in [0.05, 0.1) is 11.0 Å². The van der Waals surface area contributed by atoms with Gasteiger partial charge in [-0.05, 0) is 30.7 Å². The van der Waals surface area contributed by atoms with E-state index in [-0.39, 0.29) is 17.3 Å². The molecule has 2 aromatic carbocycles. The molecule has 0 spiro atoms. The Balaban J connectivity index is 1.80. The Morgan fingerprint density at radius 2 is 1.96 bits per heavy atom. The van der Waals surface area contributed by atoms with Crippen molar-refractivity contribution >= 4 is 23.0 Å². The second kappa shape index (κ2) is 6.04. The number of nitro benzene ring substituents is 1. The first-order chi connectivity index (χ1) is 11.1. The SMILES string of the molecule is O=C1C(Nc2ccc(F)cc2[N+](=O)[O-])CCN1c1ccccc1. The average molecular weight is 315 g/mol. The van der Waals surface area contributed by atoms with Crippen LogP contribution in [0.3, 0.4) is 0 Å². The maximum Gasteiger partial charge on any atom is 0.295 e. The molecule has 1 N–H and O–H groups in total. The van der Waals surface area contributed by atoms with Crippen molar-refractivity contribution in [1.29, 1.82) is 0 Å².